The third-order valence-electron chi connectivity index (χ3n) is 11.6. The van der Waals surface area contributed by atoms with Crippen molar-refractivity contribution in [2.24, 2.45) is 23.5 Å². The number of carbonyl (C=O) groups excluding carboxylic acids is 3. The molecule has 1 aromatic carbocycles. The Morgan fingerprint density at radius 3 is 1.80 bits per heavy atom. The van der Waals surface area contributed by atoms with E-state index in [0.29, 0.717) is 25.7 Å². The number of hydrogen-bond donors (Lipinski definition) is 8. The van der Waals surface area contributed by atoms with E-state index in [1.54, 1.807) is 0 Å². The Bertz CT molecular complexity index is 1560. The molecular formula is C55H120N4O14S. The maximum absolute atomic E-state index is 14.1. The van der Waals surface area contributed by atoms with Crippen molar-refractivity contribution in [3.05, 3.63) is 35.9 Å². The molecule has 9 unspecified atom stereocenters. The molecule has 0 saturated carbocycles. The number of amides is 2. The highest BCUT2D eigenvalue weighted by Gasteiger charge is 2.47. The van der Waals surface area contributed by atoms with Crippen LogP contribution in [0.15, 0.2) is 30.3 Å². The molecule has 1 saturated heterocycles. The Hall–Kier alpha value is -2.82. The van der Waals surface area contributed by atoms with Crippen molar-refractivity contribution < 1.29 is 66.5 Å². The predicted molar refractivity (Wildman–Crippen MR) is 308 cm³/mol. The number of carbonyl (C=O) groups is 3. The minimum absolute atomic E-state index is 0. The SMILES string of the molecule is C.C.C.C.C.C.C.C.C.C.CCCCCCCCCCCCOC1OC(CCOC(CO)CCC)C(O)C(OC(CC(CCC(CCc2ccccc2)C(=O)ON)C(=O)NC(C)(C)CNS(=O)(=O)O)C(N)=O)C1O. The average molecular weight is 1090 g/mol. The molecule has 450 valence electrons. The first kappa shape index (κ1) is 90.7. The van der Waals surface area contributed by atoms with Gasteiger partial charge in [0.05, 0.1) is 24.7 Å². The number of aryl methyl sites for hydroxylation is 1. The van der Waals surface area contributed by atoms with Crippen LogP contribution in [0.1, 0.15) is 217 Å². The molecule has 18 nitrogen and oxygen atoms in total. The van der Waals surface area contributed by atoms with E-state index in [0.717, 1.165) is 31.2 Å². The van der Waals surface area contributed by atoms with Gasteiger partial charge in [-0.25, -0.2) is 0 Å². The second-order valence-electron chi connectivity index (χ2n) is 17.7. The second-order valence-corrected chi connectivity index (χ2v) is 18.9. The van der Waals surface area contributed by atoms with Crippen LogP contribution in [0.5, 0.6) is 0 Å². The predicted octanol–water partition coefficient (Wildman–Crippen LogP) is 10.3. The van der Waals surface area contributed by atoms with Gasteiger partial charge in [0.2, 0.25) is 11.8 Å². The van der Waals surface area contributed by atoms with Crippen LogP contribution in [0.3, 0.4) is 0 Å². The van der Waals surface area contributed by atoms with Gasteiger partial charge in [0.15, 0.2) is 6.29 Å². The van der Waals surface area contributed by atoms with Crippen molar-refractivity contribution in [2.75, 3.05) is 26.4 Å². The molecule has 1 heterocycles. The Morgan fingerprint density at radius 2 is 1.30 bits per heavy atom. The molecule has 1 fully saturated rings. The fraction of sp³-hybridized carbons (Fsp3) is 0.836. The maximum atomic E-state index is 14.1. The fourth-order valence-corrected chi connectivity index (χ4v) is 8.33. The summed E-state index contributed by atoms with van der Waals surface area (Å²) >= 11 is 0. The molecule has 74 heavy (non-hydrogen) atoms. The van der Waals surface area contributed by atoms with Crippen LogP contribution in [0.4, 0.5) is 0 Å². The average Bonchev–Trinajstić information content (AvgIpc) is 3.25. The van der Waals surface area contributed by atoms with Gasteiger partial charge in [-0.2, -0.15) is 19.0 Å². The summed E-state index contributed by atoms with van der Waals surface area (Å²) in [6.07, 6.45) is 4.25. The lowest BCUT2D eigenvalue weighted by Crippen LogP contribution is -2.61. The molecule has 0 bridgehead atoms. The Labute approximate surface area is 454 Å². The van der Waals surface area contributed by atoms with Crippen molar-refractivity contribution in [3.8, 4) is 0 Å². The van der Waals surface area contributed by atoms with Gasteiger partial charge in [-0.1, -0.05) is 183 Å². The van der Waals surface area contributed by atoms with Gasteiger partial charge in [0.25, 0.3) is 0 Å². The lowest BCUT2D eigenvalue weighted by atomic mass is 9.87. The number of hydrogen-bond acceptors (Lipinski definition) is 14. The highest BCUT2D eigenvalue weighted by atomic mass is 32.2. The molecule has 0 aromatic heterocycles. The number of benzene rings is 1. The summed E-state index contributed by atoms with van der Waals surface area (Å²) in [5.41, 5.74) is 5.60. The normalized spacial score (nSPS) is 18.3. The summed E-state index contributed by atoms with van der Waals surface area (Å²) in [5.74, 6) is 1.06. The lowest BCUT2D eigenvalue weighted by molar-refractivity contribution is -0.310. The summed E-state index contributed by atoms with van der Waals surface area (Å²) < 4.78 is 58.3. The number of aliphatic hydroxyl groups is 3. The summed E-state index contributed by atoms with van der Waals surface area (Å²) in [4.78, 5) is 44.7. The van der Waals surface area contributed by atoms with Gasteiger partial charge < -0.3 is 50.2 Å². The first-order valence-corrected chi connectivity index (χ1v) is 24.7. The summed E-state index contributed by atoms with van der Waals surface area (Å²) in [7, 11) is -4.61. The highest BCUT2D eigenvalue weighted by Crippen LogP contribution is 2.30. The zero-order valence-electron chi connectivity index (χ0n) is 38.6. The van der Waals surface area contributed by atoms with Crippen LogP contribution < -0.4 is 21.7 Å². The van der Waals surface area contributed by atoms with Crippen molar-refractivity contribution in [1.82, 2.24) is 10.0 Å². The van der Waals surface area contributed by atoms with Gasteiger partial charge in [-0.15, -0.1) is 0 Å². The van der Waals surface area contributed by atoms with E-state index in [-0.39, 0.29) is 120 Å². The van der Waals surface area contributed by atoms with E-state index in [4.69, 9.17) is 30.6 Å². The van der Waals surface area contributed by atoms with Gasteiger partial charge in [-0.05, 0) is 70.8 Å². The zero-order chi connectivity index (χ0) is 47.5. The monoisotopic (exact) mass is 1090 g/mol. The minimum atomic E-state index is -4.61. The molecule has 2 rings (SSSR count). The lowest BCUT2D eigenvalue weighted by Gasteiger charge is -2.43. The molecule has 1 aliphatic rings. The molecule has 10 N–H and O–H groups in total. The van der Waals surface area contributed by atoms with Crippen LogP contribution in [-0.2, 0) is 54.9 Å². The van der Waals surface area contributed by atoms with Crippen molar-refractivity contribution in [1.29, 1.82) is 0 Å². The number of aliphatic hydroxyl groups excluding tert-OH is 3. The number of rotatable bonds is 36. The van der Waals surface area contributed by atoms with Crippen molar-refractivity contribution in [3.63, 3.8) is 0 Å². The first-order chi connectivity index (χ1) is 30.4. The Kier molecular flexibility index (Phi) is 60.9. The topological polar surface area (TPSA) is 289 Å². The fourth-order valence-electron chi connectivity index (χ4n) is 7.79. The van der Waals surface area contributed by atoms with Gasteiger partial charge >= 0.3 is 16.3 Å². The van der Waals surface area contributed by atoms with Crippen molar-refractivity contribution >= 4 is 28.1 Å². The highest BCUT2D eigenvalue weighted by molar-refractivity contribution is 7.83. The quantitative estimate of drug-likeness (QED) is 0.0176. The first-order valence-electron chi connectivity index (χ1n) is 23.2. The van der Waals surface area contributed by atoms with E-state index in [1.807, 2.05) is 42.0 Å². The Morgan fingerprint density at radius 1 is 0.757 bits per heavy atom. The number of primary amides is 1. The van der Waals surface area contributed by atoms with Gasteiger partial charge in [-0.3, -0.25) is 18.9 Å². The molecule has 1 aliphatic heterocycles. The molecule has 1 aromatic rings. The number of unbranched alkanes of at least 4 members (excludes halogenated alkanes) is 9. The van der Waals surface area contributed by atoms with Gasteiger partial charge in [0.1, 0.15) is 24.4 Å². The number of nitrogens with one attached hydrogen (secondary N) is 2. The van der Waals surface area contributed by atoms with Gasteiger partial charge in [0, 0.05) is 31.2 Å². The van der Waals surface area contributed by atoms with E-state index >= 15 is 0 Å². The number of ether oxygens (including phenoxy) is 4. The van der Waals surface area contributed by atoms with E-state index in [9.17, 15) is 42.7 Å². The van der Waals surface area contributed by atoms with Crippen LogP contribution in [0.25, 0.3) is 0 Å². The molecular weight excluding hydrogens is 973 g/mol. The molecule has 9 atom stereocenters. The maximum Gasteiger partial charge on any atom is 0.333 e. The van der Waals surface area contributed by atoms with Crippen LogP contribution in [0.2, 0.25) is 0 Å². The van der Waals surface area contributed by atoms with E-state index in [2.05, 4.69) is 17.1 Å². The third kappa shape index (κ3) is 37.0. The molecule has 19 heteroatoms. The molecule has 0 radical (unpaired) electrons. The van der Waals surface area contributed by atoms with Crippen LogP contribution >= 0.6 is 0 Å². The summed E-state index contributed by atoms with van der Waals surface area (Å²) in [5, 5.41) is 35.7. The second kappa shape index (κ2) is 49.7. The van der Waals surface area contributed by atoms with Crippen LogP contribution in [0, 0.1) is 11.8 Å². The summed E-state index contributed by atoms with van der Waals surface area (Å²) in [6.45, 7) is 6.92. The third-order valence-corrected chi connectivity index (χ3v) is 12.1. The molecule has 0 spiro atoms. The smallest absolute Gasteiger partial charge is 0.333 e. The molecule has 0 aliphatic carbocycles. The van der Waals surface area contributed by atoms with Crippen molar-refractivity contribution in [2.45, 2.75) is 266 Å². The summed E-state index contributed by atoms with van der Waals surface area (Å²) in [6, 6.07) is 9.40. The standard InChI is InChI=1S/C45H80N4O14S.10CH4/c1-5-7-8-9-10-11-12-13-14-18-27-60-44-39(52)40(38(51)36(62-44)26-28-59-35(30-50)19-6-2)61-37(41(46)53)29-34(42(54)49-45(3,4)31-48-64(56,57)58)25-24-33(43(55)63-47)23-22-32-20-16-15-17-21-32;;;;;;;;;;/h15-17,20-21,33-40,44,48,50-52H,5-14,18-19,22-31,47H2,1-4H3,(H2,46,53)(H,49,54)(H,56,57,58);10*1H4. The number of nitrogens with two attached hydrogens (primary N) is 2. The van der Waals surface area contributed by atoms with Crippen LogP contribution in [-0.4, -0.2) is 121 Å². The molecule has 2 amide bonds. The Balaban J connectivity index is -0.000000604. The van der Waals surface area contributed by atoms with E-state index in [1.165, 1.54) is 52.4 Å². The van der Waals surface area contributed by atoms with E-state index < -0.39 is 94.9 Å². The minimum Gasteiger partial charge on any atom is -0.394 e. The largest absolute Gasteiger partial charge is 0.394 e. The zero-order valence-corrected chi connectivity index (χ0v) is 39.4.